The highest BCUT2D eigenvalue weighted by molar-refractivity contribution is 9.10. The molecule has 0 aliphatic heterocycles. The number of hydrogen-bond acceptors (Lipinski definition) is 2. The molecule has 1 aromatic heterocycles. The summed E-state index contributed by atoms with van der Waals surface area (Å²) in [5.74, 6) is -0.463. The number of rotatable bonds is 3. The summed E-state index contributed by atoms with van der Waals surface area (Å²) < 4.78 is 15.7. The van der Waals surface area contributed by atoms with Crippen LogP contribution in [0.15, 0.2) is 28.9 Å². The standard InChI is InChI=1S/C12H11BrClFN4S/c1-19-11(8(13)5-17-19)6-16-12(20)18-7-2-3-10(15)9(14)4-7/h2-5H,6H2,1H3,(H2,16,18,20). The molecule has 0 saturated heterocycles. The van der Waals surface area contributed by atoms with Gasteiger partial charge in [-0.1, -0.05) is 11.6 Å². The Labute approximate surface area is 134 Å². The second kappa shape index (κ2) is 6.51. The first kappa shape index (κ1) is 15.2. The molecule has 0 fully saturated rings. The molecule has 0 atom stereocenters. The number of thiocarbonyl (C=S) groups is 1. The van der Waals surface area contributed by atoms with Crippen LogP contribution >= 0.6 is 39.7 Å². The Bertz CT molecular complexity index is 627. The van der Waals surface area contributed by atoms with Crippen molar-refractivity contribution in [3.8, 4) is 0 Å². The van der Waals surface area contributed by atoms with E-state index in [-0.39, 0.29) is 5.02 Å². The molecule has 0 aliphatic carbocycles. The minimum Gasteiger partial charge on any atom is -0.357 e. The molecule has 0 spiro atoms. The lowest BCUT2D eigenvalue weighted by Gasteiger charge is -2.11. The van der Waals surface area contributed by atoms with E-state index in [1.54, 1.807) is 16.9 Å². The Kier molecular flexibility index (Phi) is 4.95. The van der Waals surface area contributed by atoms with Crippen molar-refractivity contribution in [1.29, 1.82) is 0 Å². The maximum atomic E-state index is 13.0. The summed E-state index contributed by atoms with van der Waals surface area (Å²) in [5.41, 5.74) is 1.59. The third-order valence-electron chi connectivity index (χ3n) is 2.60. The highest BCUT2D eigenvalue weighted by Crippen LogP contribution is 2.19. The van der Waals surface area contributed by atoms with Crippen LogP contribution in [0.5, 0.6) is 0 Å². The van der Waals surface area contributed by atoms with E-state index in [1.807, 2.05) is 7.05 Å². The zero-order valence-corrected chi connectivity index (χ0v) is 13.6. The average Bonchev–Trinajstić information content (AvgIpc) is 2.71. The molecule has 0 bridgehead atoms. The average molecular weight is 378 g/mol. The first-order valence-electron chi connectivity index (χ1n) is 5.63. The Hall–Kier alpha value is -1.18. The topological polar surface area (TPSA) is 41.9 Å². The molecular formula is C12H11BrClFN4S. The zero-order chi connectivity index (χ0) is 14.7. The molecule has 1 aromatic carbocycles. The molecule has 20 heavy (non-hydrogen) atoms. The van der Waals surface area contributed by atoms with Gasteiger partial charge in [0.2, 0.25) is 0 Å². The highest BCUT2D eigenvalue weighted by Gasteiger charge is 2.07. The van der Waals surface area contributed by atoms with E-state index in [1.165, 1.54) is 12.1 Å². The van der Waals surface area contributed by atoms with E-state index in [9.17, 15) is 4.39 Å². The van der Waals surface area contributed by atoms with Crippen LogP contribution in [0.3, 0.4) is 0 Å². The highest BCUT2D eigenvalue weighted by atomic mass is 79.9. The third kappa shape index (κ3) is 3.68. The lowest BCUT2D eigenvalue weighted by molar-refractivity contribution is 0.628. The molecule has 2 rings (SSSR count). The predicted octanol–water partition coefficient (Wildman–Crippen LogP) is 3.46. The zero-order valence-electron chi connectivity index (χ0n) is 10.5. The smallest absolute Gasteiger partial charge is 0.171 e. The van der Waals surface area contributed by atoms with Crippen LogP contribution in [0.1, 0.15) is 5.69 Å². The monoisotopic (exact) mass is 376 g/mol. The Balaban J connectivity index is 1.94. The number of halogens is 3. The Morgan fingerprint density at radius 1 is 1.55 bits per heavy atom. The molecule has 0 saturated carbocycles. The molecule has 2 aromatic rings. The van der Waals surface area contributed by atoms with Crippen LogP contribution in [-0.4, -0.2) is 14.9 Å². The van der Waals surface area contributed by atoms with Gasteiger partial charge in [-0.05, 0) is 46.3 Å². The number of nitrogens with one attached hydrogen (secondary N) is 2. The quantitative estimate of drug-likeness (QED) is 0.804. The van der Waals surface area contributed by atoms with E-state index in [0.29, 0.717) is 17.3 Å². The number of nitrogens with zero attached hydrogens (tertiary/aromatic N) is 2. The number of aryl methyl sites for hydroxylation is 1. The van der Waals surface area contributed by atoms with Crippen LogP contribution in [0.2, 0.25) is 5.02 Å². The molecule has 106 valence electrons. The number of aromatic nitrogens is 2. The van der Waals surface area contributed by atoms with Gasteiger partial charge in [0.25, 0.3) is 0 Å². The first-order chi connectivity index (χ1) is 9.47. The van der Waals surface area contributed by atoms with Crippen molar-refractivity contribution in [2.24, 2.45) is 7.05 Å². The molecule has 4 nitrogen and oxygen atoms in total. The molecule has 0 amide bonds. The Morgan fingerprint density at radius 3 is 2.90 bits per heavy atom. The first-order valence-corrected chi connectivity index (χ1v) is 7.21. The second-order valence-electron chi connectivity index (χ2n) is 4.00. The lowest BCUT2D eigenvalue weighted by Crippen LogP contribution is -2.28. The lowest BCUT2D eigenvalue weighted by atomic mass is 10.3. The summed E-state index contributed by atoms with van der Waals surface area (Å²) in [5, 5.41) is 10.5. The fourth-order valence-electron chi connectivity index (χ4n) is 1.55. The van der Waals surface area contributed by atoms with E-state index < -0.39 is 5.82 Å². The van der Waals surface area contributed by atoms with Crippen molar-refractivity contribution in [3.05, 3.63) is 45.4 Å². The van der Waals surface area contributed by atoms with E-state index >= 15 is 0 Å². The van der Waals surface area contributed by atoms with Gasteiger partial charge < -0.3 is 10.6 Å². The van der Waals surface area contributed by atoms with Crippen molar-refractivity contribution >= 4 is 50.5 Å². The van der Waals surface area contributed by atoms with Crippen LogP contribution in [0, 0.1) is 5.82 Å². The SMILES string of the molecule is Cn1ncc(Br)c1CNC(=S)Nc1ccc(F)c(Cl)c1. The fraction of sp³-hybridized carbons (Fsp3) is 0.167. The molecule has 1 heterocycles. The van der Waals surface area contributed by atoms with Gasteiger partial charge in [0.05, 0.1) is 27.9 Å². The summed E-state index contributed by atoms with van der Waals surface area (Å²) in [6.07, 6.45) is 1.72. The van der Waals surface area contributed by atoms with Crippen LogP contribution in [0.4, 0.5) is 10.1 Å². The van der Waals surface area contributed by atoms with Gasteiger partial charge in [-0.15, -0.1) is 0 Å². The third-order valence-corrected chi connectivity index (χ3v) is 3.80. The van der Waals surface area contributed by atoms with E-state index in [2.05, 4.69) is 31.7 Å². The maximum Gasteiger partial charge on any atom is 0.171 e. The minimum absolute atomic E-state index is 0.0483. The van der Waals surface area contributed by atoms with E-state index in [4.69, 9.17) is 23.8 Å². The largest absolute Gasteiger partial charge is 0.357 e. The van der Waals surface area contributed by atoms with Gasteiger partial charge in [0.15, 0.2) is 5.11 Å². The molecule has 0 unspecified atom stereocenters. The molecule has 8 heteroatoms. The van der Waals surface area contributed by atoms with Crippen molar-refractivity contribution in [2.75, 3.05) is 5.32 Å². The summed E-state index contributed by atoms with van der Waals surface area (Å²) in [6, 6.07) is 4.32. The molecule has 0 aliphatic rings. The van der Waals surface area contributed by atoms with Gasteiger partial charge in [-0.3, -0.25) is 4.68 Å². The van der Waals surface area contributed by atoms with Gasteiger partial charge in [0, 0.05) is 12.7 Å². The van der Waals surface area contributed by atoms with Crippen molar-refractivity contribution < 1.29 is 4.39 Å². The van der Waals surface area contributed by atoms with Gasteiger partial charge in [-0.2, -0.15) is 5.10 Å². The van der Waals surface area contributed by atoms with Crippen LogP contribution in [0.25, 0.3) is 0 Å². The normalized spacial score (nSPS) is 10.4. The van der Waals surface area contributed by atoms with Gasteiger partial charge >= 0.3 is 0 Å². The summed E-state index contributed by atoms with van der Waals surface area (Å²) in [6.45, 7) is 0.512. The number of hydrogen-bond donors (Lipinski definition) is 2. The molecule has 2 N–H and O–H groups in total. The fourth-order valence-corrected chi connectivity index (χ4v) is 2.41. The van der Waals surface area contributed by atoms with E-state index in [0.717, 1.165) is 10.2 Å². The number of anilines is 1. The predicted molar refractivity (Wildman–Crippen MR) is 85.4 cm³/mol. The van der Waals surface area contributed by atoms with Gasteiger partial charge in [-0.25, -0.2) is 4.39 Å². The van der Waals surface area contributed by atoms with Crippen LogP contribution < -0.4 is 10.6 Å². The summed E-state index contributed by atoms with van der Waals surface area (Å²) >= 11 is 14.3. The van der Waals surface area contributed by atoms with Crippen molar-refractivity contribution in [3.63, 3.8) is 0 Å². The van der Waals surface area contributed by atoms with Crippen LogP contribution in [-0.2, 0) is 13.6 Å². The Morgan fingerprint density at radius 2 is 2.30 bits per heavy atom. The van der Waals surface area contributed by atoms with Crippen molar-refractivity contribution in [2.45, 2.75) is 6.54 Å². The number of benzene rings is 1. The minimum atomic E-state index is -0.463. The molecule has 0 radical (unpaired) electrons. The van der Waals surface area contributed by atoms with Gasteiger partial charge in [0.1, 0.15) is 5.82 Å². The maximum absolute atomic E-state index is 13.0. The second-order valence-corrected chi connectivity index (χ2v) is 5.67. The summed E-state index contributed by atoms with van der Waals surface area (Å²) in [4.78, 5) is 0. The van der Waals surface area contributed by atoms with Crippen molar-refractivity contribution in [1.82, 2.24) is 15.1 Å². The summed E-state index contributed by atoms with van der Waals surface area (Å²) in [7, 11) is 1.85. The molecular weight excluding hydrogens is 367 g/mol.